The topological polar surface area (TPSA) is 102 Å². The van der Waals surface area contributed by atoms with Crippen molar-refractivity contribution in [1.82, 2.24) is 0 Å². The van der Waals surface area contributed by atoms with Gasteiger partial charge in [-0.1, -0.05) is 0 Å². The Kier molecular flexibility index (Phi) is 3.94. The maximum Gasteiger partial charge on any atom is 0.512 e. The highest BCUT2D eigenvalue weighted by Crippen LogP contribution is 2.02. The van der Waals surface area contributed by atoms with E-state index in [1.807, 2.05) is 0 Å². The first kappa shape index (κ1) is 9.02. The number of hydrogen-bond acceptors (Lipinski definition) is 5. The van der Waals surface area contributed by atoms with Crippen LogP contribution < -0.4 is 11.6 Å². The minimum absolute atomic E-state index is 0.167. The summed E-state index contributed by atoms with van der Waals surface area (Å²) in [6.45, 7) is 0.416. The van der Waals surface area contributed by atoms with Crippen LogP contribution in [0.15, 0.2) is 0 Å². The quantitative estimate of drug-likeness (QED) is 0.280. The third-order valence-electron chi connectivity index (χ3n) is 0.895. The van der Waals surface area contributed by atoms with Gasteiger partial charge in [0.15, 0.2) is 0 Å². The minimum atomic E-state index is -3.50. The number of nitrogens with two attached hydrogens (primary N) is 2. The fraction of sp³-hybridized carbons (Fsp3) is 1.00. The molecule has 0 spiro atoms. The molecule has 0 aliphatic rings. The van der Waals surface area contributed by atoms with Crippen LogP contribution >= 0.6 is 0 Å². The van der Waals surface area contributed by atoms with E-state index >= 15 is 0 Å². The minimum Gasteiger partial charge on any atom is -0.389 e. The van der Waals surface area contributed by atoms with Gasteiger partial charge < -0.3 is 15.3 Å². The zero-order valence-electron chi connectivity index (χ0n) is 5.08. The molecule has 0 fully saturated rings. The zero-order chi connectivity index (χ0) is 7.33. The lowest BCUT2D eigenvalue weighted by Crippen LogP contribution is -2.41. The highest BCUT2D eigenvalue weighted by Gasteiger charge is 2.30. The van der Waals surface area contributed by atoms with Crippen LogP contribution in [0.3, 0.4) is 0 Å². The molecule has 0 aromatic heterocycles. The first-order valence-corrected chi connectivity index (χ1v) is 4.66. The molecular formula is C3H12N2O3Si. The molecule has 0 saturated heterocycles. The van der Waals surface area contributed by atoms with Crippen LogP contribution in [0, 0.1) is 0 Å². The lowest BCUT2D eigenvalue weighted by Gasteiger charge is -2.11. The van der Waals surface area contributed by atoms with Crippen LogP contribution in [-0.4, -0.2) is 24.9 Å². The van der Waals surface area contributed by atoms with Gasteiger partial charge in [-0.15, -0.1) is 0 Å². The van der Waals surface area contributed by atoms with Gasteiger partial charge in [-0.05, 0) is 13.0 Å². The van der Waals surface area contributed by atoms with Gasteiger partial charge >= 0.3 is 8.80 Å². The predicted molar refractivity (Wildman–Crippen MR) is 33.9 cm³/mol. The molecule has 0 radical (unpaired) electrons. The lowest BCUT2D eigenvalue weighted by molar-refractivity contribution is 0.149. The van der Waals surface area contributed by atoms with E-state index in [-0.39, 0.29) is 6.04 Å². The molecule has 56 valence electrons. The second-order valence-corrected chi connectivity index (χ2v) is 3.98. The molecule has 0 atom stereocenters. The summed E-state index contributed by atoms with van der Waals surface area (Å²) >= 11 is 0. The molecule has 6 N–H and O–H groups in total. The summed E-state index contributed by atoms with van der Waals surface area (Å²) < 4.78 is 3.93. The van der Waals surface area contributed by atoms with Crippen molar-refractivity contribution in [2.75, 3.05) is 6.54 Å². The van der Waals surface area contributed by atoms with E-state index < -0.39 is 8.80 Å². The first-order valence-electron chi connectivity index (χ1n) is 2.65. The molecular weight excluding hydrogens is 140 g/mol. The largest absolute Gasteiger partial charge is 0.512 e. The van der Waals surface area contributed by atoms with E-state index in [0.717, 1.165) is 0 Å². The fourth-order valence-corrected chi connectivity index (χ4v) is 1.17. The van der Waals surface area contributed by atoms with Crippen LogP contribution in [0.5, 0.6) is 0 Å². The summed E-state index contributed by atoms with van der Waals surface area (Å²) in [5.41, 5.74) is 5.09. The van der Waals surface area contributed by atoms with Gasteiger partial charge in [0.05, 0.1) is 0 Å². The smallest absolute Gasteiger partial charge is 0.389 e. The molecule has 0 heterocycles. The Labute approximate surface area is 54.6 Å². The van der Waals surface area contributed by atoms with Crippen molar-refractivity contribution in [3.63, 3.8) is 0 Å². The summed E-state index contributed by atoms with van der Waals surface area (Å²) in [5.74, 6) is 4.57. The van der Waals surface area contributed by atoms with Gasteiger partial charge in [0.2, 0.25) is 0 Å². The summed E-state index contributed by atoms with van der Waals surface area (Å²) in [5, 5.41) is 0. The Morgan fingerprint density at radius 2 is 2.00 bits per heavy atom. The SMILES string of the molecule is NCCC[Si](O)(O)ON. The molecule has 0 rings (SSSR count). The molecule has 5 nitrogen and oxygen atoms in total. The molecule has 0 amide bonds. The van der Waals surface area contributed by atoms with Gasteiger partial charge in [-0.2, -0.15) is 0 Å². The molecule has 9 heavy (non-hydrogen) atoms. The average Bonchev–Trinajstić information content (AvgIpc) is 1.84. The van der Waals surface area contributed by atoms with Crippen LogP contribution in [0.1, 0.15) is 6.42 Å². The molecule has 0 bridgehead atoms. The van der Waals surface area contributed by atoms with E-state index in [9.17, 15) is 0 Å². The van der Waals surface area contributed by atoms with E-state index in [2.05, 4.69) is 10.4 Å². The highest BCUT2D eigenvalue weighted by molar-refractivity contribution is 6.57. The van der Waals surface area contributed by atoms with Gasteiger partial charge in [-0.25, -0.2) is 5.90 Å². The normalized spacial score (nSPS) is 12.0. The highest BCUT2D eigenvalue weighted by atomic mass is 28.4. The Morgan fingerprint density at radius 3 is 2.33 bits per heavy atom. The van der Waals surface area contributed by atoms with E-state index in [1.54, 1.807) is 0 Å². The Hall–Kier alpha value is 0.0169. The van der Waals surface area contributed by atoms with Gasteiger partial charge in [-0.3, -0.25) is 4.53 Å². The lowest BCUT2D eigenvalue weighted by atomic mass is 10.5. The standard InChI is InChI=1S/C3H12N2O3Si/c4-2-1-3-9(6,7)8-5/h6-7H,1-5H2. The third-order valence-corrected chi connectivity index (χ3v) is 2.28. The fourth-order valence-electron chi connectivity index (χ4n) is 0.391. The van der Waals surface area contributed by atoms with E-state index in [4.69, 9.17) is 15.3 Å². The first-order chi connectivity index (χ1) is 4.12. The van der Waals surface area contributed by atoms with Crippen LogP contribution in [0.25, 0.3) is 0 Å². The molecule has 0 saturated carbocycles. The zero-order valence-corrected chi connectivity index (χ0v) is 6.08. The molecule has 0 aliphatic carbocycles. The van der Waals surface area contributed by atoms with Crippen molar-refractivity contribution in [3.05, 3.63) is 0 Å². The van der Waals surface area contributed by atoms with Crippen molar-refractivity contribution in [2.45, 2.75) is 12.5 Å². The van der Waals surface area contributed by atoms with E-state index in [0.29, 0.717) is 13.0 Å². The second-order valence-electron chi connectivity index (χ2n) is 1.75. The maximum absolute atomic E-state index is 8.75. The third kappa shape index (κ3) is 4.52. The second kappa shape index (κ2) is 3.93. The predicted octanol–water partition coefficient (Wildman–Crippen LogP) is -1.85. The van der Waals surface area contributed by atoms with Crippen molar-refractivity contribution < 1.29 is 14.1 Å². The Balaban J connectivity index is 3.33. The van der Waals surface area contributed by atoms with Gasteiger partial charge in [0.1, 0.15) is 0 Å². The Morgan fingerprint density at radius 1 is 1.44 bits per heavy atom. The number of rotatable bonds is 4. The summed E-state index contributed by atoms with van der Waals surface area (Å²) in [7, 11) is -3.50. The summed E-state index contributed by atoms with van der Waals surface area (Å²) in [6, 6.07) is 0.167. The molecule has 0 aromatic rings. The van der Waals surface area contributed by atoms with Crippen LogP contribution in [-0.2, 0) is 4.53 Å². The van der Waals surface area contributed by atoms with Crippen LogP contribution in [0.4, 0.5) is 0 Å². The van der Waals surface area contributed by atoms with Crippen LogP contribution in [0.2, 0.25) is 6.04 Å². The molecule has 6 heteroatoms. The summed E-state index contributed by atoms with van der Waals surface area (Å²) in [4.78, 5) is 17.5. The van der Waals surface area contributed by atoms with Gasteiger partial charge in [0, 0.05) is 6.04 Å². The summed E-state index contributed by atoms with van der Waals surface area (Å²) in [6.07, 6.45) is 0.524. The Bertz CT molecular complexity index is 79.5. The maximum atomic E-state index is 8.75. The van der Waals surface area contributed by atoms with E-state index in [1.165, 1.54) is 0 Å². The molecule has 0 unspecified atom stereocenters. The monoisotopic (exact) mass is 152 g/mol. The average molecular weight is 152 g/mol. The molecule has 0 aliphatic heterocycles. The van der Waals surface area contributed by atoms with Crippen molar-refractivity contribution >= 4 is 8.80 Å². The van der Waals surface area contributed by atoms with Crippen molar-refractivity contribution in [1.29, 1.82) is 0 Å². The van der Waals surface area contributed by atoms with Crippen molar-refractivity contribution in [2.24, 2.45) is 11.6 Å². The van der Waals surface area contributed by atoms with Gasteiger partial charge in [0.25, 0.3) is 0 Å². The number of hydrogen-bond donors (Lipinski definition) is 4. The molecule has 0 aromatic carbocycles. The van der Waals surface area contributed by atoms with Crippen molar-refractivity contribution in [3.8, 4) is 0 Å².